The van der Waals surface area contributed by atoms with Gasteiger partial charge in [0.2, 0.25) is 10.0 Å². The van der Waals surface area contributed by atoms with E-state index in [9.17, 15) is 23.1 Å². The highest BCUT2D eigenvalue weighted by atomic mass is 35.5. The number of nitrogens with zero attached hydrogens (tertiary/aromatic N) is 1. The molecule has 0 aliphatic carbocycles. The van der Waals surface area contributed by atoms with Crippen LogP contribution in [0.4, 0.5) is 4.79 Å². The highest BCUT2D eigenvalue weighted by molar-refractivity contribution is 7.89. The van der Waals surface area contributed by atoms with Crippen LogP contribution in [0.2, 0.25) is 5.02 Å². The number of carboxylic acids is 1. The van der Waals surface area contributed by atoms with Crippen molar-refractivity contribution in [3.63, 3.8) is 0 Å². The number of alkyl carbamates (subject to hydrolysis) is 1. The van der Waals surface area contributed by atoms with Crippen LogP contribution in [0.3, 0.4) is 0 Å². The third kappa shape index (κ3) is 6.04. The van der Waals surface area contributed by atoms with Gasteiger partial charge in [-0.25, -0.2) is 13.2 Å². The summed E-state index contributed by atoms with van der Waals surface area (Å²) in [4.78, 5) is 24.4. The van der Waals surface area contributed by atoms with E-state index in [2.05, 4.69) is 5.32 Å². The summed E-state index contributed by atoms with van der Waals surface area (Å²) < 4.78 is 37.6. The average molecular weight is 495 g/mol. The predicted octanol–water partition coefficient (Wildman–Crippen LogP) is 3.05. The molecule has 0 radical (unpaired) electrons. The first kappa shape index (κ1) is 24.6. The van der Waals surface area contributed by atoms with E-state index in [4.69, 9.17) is 21.1 Å². The van der Waals surface area contributed by atoms with Gasteiger partial charge >= 0.3 is 12.1 Å². The highest BCUT2D eigenvalue weighted by Crippen LogP contribution is 2.25. The largest absolute Gasteiger partial charge is 0.497 e. The molecule has 1 aliphatic rings. The number of benzene rings is 2. The van der Waals surface area contributed by atoms with Crippen LogP contribution in [0.1, 0.15) is 12.0 Å². The van der Waals surface area contributed by atoms with E-state index in [1.54, 1.807) is 36.4 Å². The minimum absolute atomic E-state index is 0.0584. The number of amides is 1. The quantitative estimate of drug-likeness (QED) is 0.567. The first-order valence-corrected chi connectivity index (χ1v) is 11.8. The second kappa shape index (κ2) is 10.7. The summed E-state index contributed by atoms with van der Waals surface area (Å²) in [6, 6.07) is 9.70. The number of ether oxygens (including phenoxy) is 2. The summed E-state index contributed by atoms with van der Waals surface area (Å²) in [5.74, 6) is -0.929. The molecule has 2 aromatic carbocycles. The van der Waals surface area contributed by atoms with Crippen molar-refractivity contribution in [1.29, 1.82) is 0 Å². The number of aliphatic carboxylic acids is 1. The molecule has 1 aliphatic heterocycles. The monoisotopic (exact) mass is 494 g/mol. The van der Waals surface area contributed by atoms with E-state index < -0.39 is 34.2 Å². The van der Waals surface area contributed by atoms with Gasteiger partial charge in [-0.3, -0.25) is 4.79 Å². The number of hydrogen-bond donors (Lipinski definition) is 2. The molecule has 33 heavy (non-hydrogen) atoms. The lowest BCUT2D eigenvalue weighted by atomic mass is 10.1. The van der Waals surface area contributed by atoms with E-state index >= 15 is 0 Å². The van der Waals surface area contributed by atoms with Gasteiger partial charge in [0.15, 0.2) is 0 Å². The number of nitrogens with one attached hydrogen (secondary N) is 1. The number of carbonyl (C=O) groups is 2. The maximum absolute atomic E-state index is 13.3. The molecule has 0 saturated carbocycles. The van der Waals surface area contributed by atoms with E-state index in [0.29, 0.717) is 16.3 Å². The van der Waals surface area contributed by atoms with Crippen molar-refractivity contribution in [3.8, 4) is 5.75 Å². The lowest BCUT2D eigenvalue weighted by Gasteiger charge is -2.31. The van der Waals surface area contributed by atoms with Gasteiger partial charge in [0.1, 0.15) is 18.4 Å². The van der Waals surface area contributed by atoms with E-state index in [0.717, 1.165) is 4.31 Å². The lowest BCUT2D eigenvalue weighted by molar-refractivity contribution is -0.142. The molecule has 2 N–H and O–H groups in total. The molecule has 0 aromatic heterocycles. The first-order valence-electron chi connectivity index (χ1n) is 9.94. The van der Waals surface area contributed by atoms with Crippen molar-refractivity contribution < 1.29 is 32.6 Å². The smallest absolute Gasteiger partial charge is 0.407 e. The molecule has 0 bridgehead atoms. The van der Waals surface area contributed by atoms with Crippen LogP contribution in [0, 0.1) is 0 Å². The van der Waals surface area contributed by atoms with Crippen molar-refractivity contribution in [1.82, 2.24) is 9.62 Å². The number of methoxy groups -OCH3 is 1. The van der Waals surface area contributed by atoms with Crippen molar-refractivity contribution in [3.05, 3.63) is 71.3 Å². The Morgan fingerprint density at radius 2 is 1.79 bits per heavy atom. The maximum atomic E-state index is 13.3. The van der Waals surface area contributed by atoms with Crippen LogP contribution in [0.5, 0.6) is 5.75 Å². The average Bonchev–Trinajstić information content (AvgIpc) is 3.01. The summed E-state index contributed by atoms with van der Waals surface area (Å²) in [6.45, 7) is -0.222. The molecule has 0 saturated heterocycles. The van der Waals surface area contributed by atoms with Gasteiger partial charge in [0.25, 0.3) is 0 Å². The van der Waals surface area contributed by atoms with Crippen molar-refractivity contribution in [2.45, 2.75) is 30.0 Å². The Labute approximate surface area is 196 Å². The first-order chi connectivity index (χ1) is 15.7. The van der Waals surface area contributed by atoms with E-state index in [-0.39, 0.29) is 24.5 Å². The molecule has 2 aromatic rings. The molecule has 2 atom stereocenters. The van der Waals surface area contributed by atoms with Crippen LogP contribution in [-0.2, 0) is 26.2 Å². The Morgan fingerprint density at radius 3 is 2.39 bits per heavy atom. The summed E-state index contributed by atoms with van der Waals surface area (Å²) in [6.07, 6.45) is 2.43. The molecule has 3 rings (SSSR count). The van der Waals surface area contributed by atoms with Crippen molar-refractivity contribution >= 4 is 33.7 Å². The highest BCUT2D eigenvalue weighted by Gasteiger charge is 2.42. The molecule has 1 amide bonds. The summed E-state index contributed by atoms with van der Waals surface area (Å²) >= 11 is 5.83. The van der Waals surface area contributed by atoms with Crippen LogP contribution in [0.15, 0.2) is 65.6 Å². The summed E-state index contributed by atoms with van der Waals surface area (Å²) in [5.41, 5.74) is 0.689. The number of carboxylic acid groups (broad SMARTS) is 1. The van der Waals surface area contributed by atoms with Crippen molar-refractivity contribution in [2.75, 3.05) is 13.7 Å². The zero-order valence-electron chi connectivity index (χ0n) is 17.7. The number of carbonyl (C=O) groups excluding carboxylic acids is 1. The van der Waals surface area contributed by atoms with E-state index in [1.165, 1.54) is 31.4 Å². The number of sulfonamides is 1. The number of halogens is 1. The third-order valence-electron chi connectivity index (χ3n) is 5.04. The zero-order valence-corrected chi connectivity index (χ0v) is 19.3. The van der Waals surface area contributed by atoms with E-state index in [1.807, 2.05) is 0 Å². The molecule has 9 nitrogen and oxygen atoms in total. The molecule has 0 spiro atoms. The second-order valence-corrected chi connectivity index (χ2v) is 9.52. The molecular weight excluding hydrogens is 472 g/mol. The van der Waals surface area contributed by atoms with Crippen LogP contribution in [-0.4, -0.2) is 55.6 Å². The fourth-order valence-corrected chi connectivity index (χ4v) is 5.05. The normalized spacial score (nSPS) is 18.8. The zero-order chi connectivity index (χ0) is 24.0. The Balaban J connectivity index is 1.78. The summed E-state index contributed by atoms with van der Waals surface area (Å²) in [7, 11) is -2.74. The molecule has 1 heterocycles. The van der Waals surface area contributed by atoms with Gasteiger partial charge in [0.05, 0.1) is 18.0 Å². The Kier molecular flexibility index (Phi) is 7.96. The van der Waals surface area contributed by atoms with Gasteiger partial charge in [-0.05, 0) is 48.4 Å². The maximum Gasteiger partial charge on any atom is 0.407 e. The third-order valence-corrected chi connectivity index (χ3v) is 7.15. The Hall–Kier alpha value is -3.08. The Bertz CT molecular complexity index is 1120. The Morgan fingerprint density at radius 1 is 1.12 bits per heavy atom. The topological polar surface area (TPSA) is 122 Å². The minimum Gasteiger partial charge on any atom is -0.497 e. The molecule has 0 fully saturated rings. The van der Waals surface area contributed by atoms with Gasteiger partial charge < -0.3 is 19.9 Å². The van der Waals surface area contributed by atoms with Crippen molar-refractivity contribution in [2.24, 2.45) is 0 Å². The number of rotatable bonds is 7. The van der Waals surface area contributed by atoms with Gasteiger partial charge in [-0.15, -0.1) is 0 Å². The van der Waals surface area contributed by atoms with Crippen LogP contribution >= 0.6 is 11.6 Å². The molecule has 11 heteroatoms. The minimum atomic E-state index is -4.19. The fraction of sp³-hybridized carbons (Fsp3) is 0.273. The SMILES string of the molecule is COc1ccc(S(=O)(=O)N2CC=CCC(NC(=O)OCc3ccc(Cl)cc3)C2C(=O)O)cc1. The number of hydrogen-bond acceptors (Lipinski definition) is 6. The fourth-order valence-electron chi connectivity index (χ4n) is 3.35. The van der Waals surface area contributed by atoms with Crippen LogP contribution in [0.25, 0.3) is 0 Å². The molecule has 176 valence electrons. The lowest BCUT2D eigenvalue weighted by Crippen LogP contribution is -2.56. The predicted molar refractivity (Wildman–Crippen MR) is 121 cm³/mol. The van der Waals surface area contributed by atoms with Crippen LogP contribution < -0.4 is 10.1 Å². The second-order valence-electron chi connectivity index (χ2n) is 7.19. The standard InChI is InChI=1S/C22H23ClN2O7S/c1-31-17-9-11-18(12-10-17)33(29,30)25-13-3-2-4-19(20(25)21(26)27)24-22(28)32-14-15-5-7-16(23)8-6-15/h2-3,5-12,19-20H,4,13-14H2,1H3,(H,24,28)(H,26,27). The van der Waals surface area contributed by atoms with Gasteiger partial charge in [-0.1, -0.05) is 35.9 Å². The van der Waals surface area contributed by atoms with Gasteiger partial charge in [-0.2, -0.15) is 4.31 Å². The molecule has 2 unspecified atom stereocenters. The summed E-state index contributed by atoms with van der Waals surface area (Å²) in [5, 5.41) is 12.9. The molecular formula is C22H23ClN2O7S. The van der Waals surface area contributed by atoms with Gasteiger partial charge in [0, 0.05) is 11.6 Å².